The molecule has 0 unspecified atom stereocenters. The number of aryl methyl sites for hydroxylation is 1. The minimum absolute atomic E-state index is 0.667. The van der Waals surface area contributed by atoms with Gasteiger partial charge >= 0.3 is 0 Å². The van der Waals surface area contributed by atoms with Gasteiger partial charge in [-0.1, -0.05) is 42.0 Å². The van der Waals surface area contributed by atoms with Gasteiger partial charge in [-0.3, -0.25) is 0 Å². The van der Waals surface area contributed by atoms with Crippen molar-refractivity contribution in [3.05, 3.63) is 77.5 Å². The Morgan fingerprint density at radius 1 is 1.00 bits per heavy atom. The maximum absolute atomic E-state index is 5.28. The van der Waals surface area contributed by atoms with E-state index in [1.807, 2.05) is 24.4 Å². The number of fused-ring (bicyclic) bond motifs is 1. The summed E-state index contributed by atoms with van der Waals surface area (Å²) in [5, 5.41) is 15.6. The molecule has 136 valence electrons. The summed E-state index contributed by atoms with van der Waals surface area (Å²) in [6.07, 6.45) is 1.97. The Morgan fingerprint density at radius 2 is 1.89 bits per heavy atom. The Kier molecular flexibility index (Phi) is 4.80. The third-order valence-corrected chi connectivity index (χ3v) is 4.50. The Morgan fingerprint density at radius 3 is 2.74 bits per heavy atom. The first-order chi connectivity index (χ1) is 13.2. The molecule has 4 rings (SSSR count). The summed E-state index contributed by atoms with van der Waals surface area (Å²) in [4.78, 5) is 0. The fraction of sp³-hybridized carbons (Fsp3) is 0.190. The van der Waals surface area contributed by atoms with E-state index in [2.05, 4.69) is 64.2 Å². The molecular formula is C21H21N5O. The topological polar surface area (TPSA) is 64.3 Å². The van der Waals surface area contributed by atoms with E-state index in [1.165, 1.54) is 11.1 Å². The van der Waals surface area contributed by atoms with Crippen LogP contribution >= 0.6 is 0 Å². The monoisotopic (exact) mass is 359 g/mol. The summed E-state index contributed by atoms with van der Waals surface area (Å²) in [6.45, 7) is 3.50. The van der Waals surface area contributed by atoms with Crippen molar-refractivity contribution in [3.8, 4) is 16.9 Å². The van der Waals surface area contributed by atoms with Crippen molar-refractivity contribution in [1.29, 1.82) is 0 Å². The molecule has 0 saturated carbocycles. The lowest BCUT2D eigenvalue weighted by Crippen LogP contribution is -2.14. The average Bonchev–Trinajstić information content (AvgIpc) is 3.17. The lowest BCUT2D eigenvalue weighted by molar-refractivity contribution is 0.414. The summed E-state index contributed by atoms with van der Waals surface area (Å²) >= 11 is 0. The largest absolute Gasteiger partial charge is 0.497 e. The zero-order chi connectivity index (χ0) is 18.6. The van der Waals surface area contributed by atoms with E-state index >= 15 is 0 Å². The summed E-state index contributed by atoms with van der Waals surface area (Å²) < 4.78 is 7.02. The van der Waals surface area contributed by atoms with Crippen molar-refractivity contribution in [2.45, 2.75) is 20.0 Å². The first-order valence-corrected chi connectivity index (χ1v) is 8.84. The number of rotatable bonds is 6. The van der Waals surface area contributed by atoms with Crippen LogP contribution in [0, 0.1) is 6.92 Å². The van der Waals surface area contributed by atoms with Gasteiger partial charge in [-0.25, -0.2) is 0 Å². The van der Waals surface area contributed by atoms with Crippen molar-refractivity contribution in [1.82, 2.24) is 25.4 Å². The highest BCUT2D eigenvalue weighted by Gasteiger charge is 2.09. The number of nitrogens with one attached hydrogen (secondary N) is 1. The zero-order valence-corrected chi connectivity index (χ0v) is 15.4. The number of ether oxygens (including phenoxy) is 1. The van der Waals surface area contributed by atoms with Gasteiger partial charge in [0.1, 0.15) is 5.75 Å². The van der Waals surface area contributed by atoms with E-state index in [0.29, 0.717) is 6.54 Å². The Hall–Kier alpha value is -3.25. The van der Waals surface area contributed by atoms with Crippen LogP contribution in [-0.4, -0.2) is 27.2 Å². The first kappa shape index (κ1) is 17.2. The number of tetrazole rings is 1. The number of benzene rings is 2. The van der Waals surface area contributed by atoms with Crippen LogP contribution in [-0.2, 0) is 13.1 Å². The van der Waals surface area contributed by atoms with E-state index in [4.69, 9.17) is 4.74 Å². The fourth-order valence-corrected chi connectivity index (χ4v) is 3.15. The summed E-state index contributed by atoms with van der Waals surface area (Å²) in [5.41, 5.74) is 6.46. The molecule has 0 amide bonds. The van der Waals surface area contributed by atoms with Gasteiger partial charge in [-0.2, -0.15) is 4.52 Å². The van der Waals surface area contributed by atoms with Gasteiger partial charge in [0.25, 0.3) is 0 Å². The lowest BCUT2D eigenvalue weighted by atomic mass is 10.0. The van der Waals surface area contributed by atoms with Gasteiger partial charge in [0.05, 0.1) is 7.11 Å². The van der Waals surface area contributed by atoms with Crippen LogP contribution in [0.25, 0.3) is 16.8 Å². The van der Waals surface area contributed by atoms with Gasteiger partial charge in [-0.05, 0) is 46.7 Å². The molecule has 27 heavy (non-hydrogen) atoms. The molecule has 0 bridgehead atoms. The Bertz CT molecular complexity index is 1070. The van der Waals surface area contributed by atoms with Crippen molar-refractivity contribution >= 4 is 5.65 Å². The highest BCUT2D eigenvalue weighted by atomic mass is 16.5. The number of methoxy groups -OCH3 is 1. The molecule has 1 N–H and O–H groups in total. The molecular weight excluding hydrogens is 338 g/mol. The number of nitrogens with zero attached hydrogens (tertiary/aromatic N) is 4. The lowest BCUT2D eigenvalue weighted by Gasteiger charge is -2.10. The molecule has 0 radical (unpaired) electrons. The number of pyridine rings is 1. The van der Waals surface area contributed by atoms with Gasteiger partial charge in [0, 0.05) is 30.4 Å². The second kappa shape index (κ2) is 7.55. The minimum Gasteiger partial charge on any atom is -0.497 e. The number of hydrogen-bond donors (Lipinski definition) is 1. The molecule has 0 saturated heterocycles. The Labute approximate surface area is 157 Å². The van der Waals surface area contributed by atoms with Crippen molar-refractivity contribution in [3.63, 3.8) is 0 Å². The number of aromatic nitrogens is 4. The second-order valence-corrected chi connectivity index (χ2v) is 6.53. The molecule has 0 spiro atoms. The van der Waals surface area contributed by atoms with Crippen LogP contribution in [0.5, 0.6) is 5.75 Å². The average molecular weight is 359 g/mol. The molecule has 2 heterocycles. The fourth-order valence-electron chi connectivity index (χ4n) is 3.15. The van der Waals surface area contributed by atoms with Crippen LogP contribution < -0.4 is 10.1 Å². The van der Waals surface area contributed by atoms with Crippen molar-refractivity contribution in [2.75, 3.05) is 7.11 Å². The van der Waals surface area contributed by atoms with E-state index in [9.17, 15) is 0 Å². The van der Waals surface area contributed by atoms with Gasteiger partial charge in [0.2, 0.25) is 0 Å². The first-order valence-electron chi connectivity index (χ1n) is 8.84. The molecule has 0 aliphatic carbocycles. The highest BCUT2D eigenvalue weighted by Crippen LogP contribution is 2.23. The van der Waals surface area contributed by atoms with E-state index in [1.54, 1.807) is 11.6 Å². The summed E-state index contributed by atoms with van der Waals surface area (Å²) in [7, 11) is 1.68. The van der Waals surface area contributed by atoms with E-state index < -0.39 is 0 Å². The maximum atomic E-state index is 5.28. The molecule has 6 nitrogen and oxygen atoms in total. The van der Waals surface area contributed by atoms with Crippen molar-refractivity contribution < 1.29 is 4.74 Å². The molecule has 0 atom stereocenters. The van der Waals surface area contributed by atoms with Gasteiger partial charge < -0.3 is 10.1 Å². The maximum Gasteiger partial charge on any atom is 0.183 e. The minimum atomic E-state index is 0.667. The van der Waals surface area contributed by atoms with Crippen LogP contribution in [0.3, 0.4) is 0 Å². The highest BCUT2D eigenvalue weighted by molar-refractivity contribution is 5.67. The SMILES string of the molecule is COc1cccc(CNCc2cc(-c3cccc(C)c3)cn3nnnc23)c1. The van der Waals surface area contributed by atoms with Crippen LogP contribution in [0.15, 0.2) is 60.8 Å². The number of hydrogen-bond acceptors (Lipinski definition) is 5. The summed E-state index contributed by atoms with van der Waals surface area (Å²) in [6, 6.07) is 18.6. The molecule has 0 aliphatic rings. The molecule has 2 aromatic carbocycles. The third-order valence-electron chi connectivity index (χ3n) is 4.50. The van der Waals surface area contributed by atoms with E-state index in [0.717, 1.165) is 34.6 Å². The molecule has 2 aromatic heterocycles. The molecule has 0 aliphatic heterocycles. The predicted octanol–water partition coefficient (Wildman–Crippen LogP) is 3.40. The smallest absolute Gasteiger partial charge is 0.183 e. The predicted molar refractivity (Wildman–Crippen MR) is 104 cm³/mol. The van der Waals surface area contributed by atoms with Gasteiger partial charge in [-0.15, -0.1) is 5.10 Å². The quantitative estimate of drug-likeness (QED) is 0.572. The third kappa shape index (κ3) is 3.80. The summed E-state index contributed by atoms with van der Waals surface area (Å²) in [5.74, 6) is 0.861. The van der Waals surface area contributed by atoms with Gasteiger partial charge in [0.15, 0.2) is 5.65 Å². The van der Waals surface area contributed by atoms with E-state index in [-0.39, 0.29) is 0 Å². The van der Waals surface area contributed by atoms with Crippen LogP contribution in [0.1, 0.15) is 16.7 Å². The molecule has 6 heteroatoms. The normalized spacial score (nSPS) is 11.0. The standard InChI is InChI=1S/C21H21N5O/c1-15-5-3-7-17(9-15)19-11-18(21-23-24-25-26(21)14-19)13-22-12-16-6-4-8-20(10-16)27-2/h3-11,14,22H,12-13H2,1-2H3. The second-order valence-electron chi connectivity index (χ2n) is 6.53. The Balaban J connectivity index is 1.58. The molecule has 4 aromatic rings. The zero-order valence-electron chi connectivity index (χ0n) is 15.4. The van der Waals surface area contributed by atoms with Crippen LogP contribution in [0.2, 0.25) is 0 Å². The molecule has 0 fully saturated rings. The van der Waals surface area contributed by atoms with Crippen molar-refractivity contribution in [2.24, 2.45) is 0 Å². The van der Waals surface area contributed by atoms with Crippen LogP contribution in [0.4, 0.5) is 0 Å².